The Morgan fingerprint density at radius 2 is 1.84 bits per heavy atom. The highest BCUT2D eigenvalue weighted by molar-refractivity contribution is 6.34. The molecule has 0 saturated carbocycles. The smallest absolute Gasteiger partial charge is 0.363 e. The van der Waals surface area contributed by atoms with Gasteiger partial charge in [0.25, 0.3) is 5.69 Å². The van der Waals surface area contributed by atoms with E-state index in [4.69, 9.17) is 32.7 Å². The Morgan fingerprint density at radius 1 is 1.06 bits per heavy atom. The highest BCUT2D eigenvalue weighted by atomic mass is 35.5. The van der Waals surface area contributed by atoms with Gasteiger partial charge in [0, 0.05) is 17.2 Å². The standard InChI is InChI=1S/C23H14Cl2N2O5/c24-16-6-4-14(5-7-16)13-31-18-3-1-2-15(10-18)11-21-23(28)32-22(26-21)19-9-8-17(27(29)30)12-20(19)25/h1-12H,13H2/b21-11-. The first-order valence-electron chi connectivity index (χ1n) is 9.33. The highest BCUT2D eigenvalue weighted by Crippen LogP contribution is 2.27. The second-order valence-electron chi connectivity index (χ2n) is 6.74. The van der Waals surface area contributed by atoms with Crippen molar-refractivity contribution in [3.63, 3.8) is 0 Å². The molecule has 0 unspecified atom stereocenters. The number of non-ortho nitro benzene ring substituents is 1. The summed E-state index contributed by atoms with van der Waals surface area (Å²) in [5.74, 6) is -0.0542. The minimum Gasteiger partial charge on any atom is -0.489 e. The van der Waals surface area contributed by atoms with E-state index < -0.39 is 10.9 Å². The zero-order valence-electron chi connectivity index (χ0n) is 16.3. The van der Waals surface area contributed by atoms with Crippen molar-refractivity contribution in [1.82, 2.24) is 0 Å². The molecule has 0 bridgehead atoms. The molecule has 32 heavy (non-hydrogen) atoms. The normalized spacial score (nSPS) is 14.2. The molecule has 0 fully saturated rings. The molecule has 0 N–H and O–H groups in total. The number of carbonyl (C=O) groups excluding carboxylic acids is 1. The fraction of sp³-hybridized carbons (Fsp3) is 0.0435. The predicted octanol–water partition coefficient (Wildman–Crippen LogP) is 5.83. The second kappa shape index (κ2) is 9.21. The Kier molecular flexibility index (Phi) is 6.20. The Hall–Kier alpha value is -3.68. The molecule has 7 nitrogen and oxygen atoms in total. The lowest BCUT2D eigenvalue weighted by Crippen LogP contribution is -2.06. The molecule has 9 heteroatoms. The van der Waals surface area contributed by atoms with Gasteiger partial charge in [0.05, 0.1) is 15.5 Å². The quantitative estimate of drug-likeness (QED) is 0.196. The van der Waals surface area contributed by atoms with Gasteiger partial charge in [-0.05, 0) is 47.5 Å². The van der Waals surface area contributed by atoms with Gasteiger partial charge in [0.2, 0.25) is 5.90 Å². The molecular weight excluding hydrogens is 455 g/mol. The van der Waals surface area contributed by atoms with Crippen molar-refractivity contribution in [3.05, 3.63) is 109 Å². The van der Waals surface area contributed by atoms with Gasteiger partial charge in [0.1, 0.15) is 12.4 Å². The van der Waals surface area contributed by atoms with E-state index in [9.17, 15) is 14.9 Å². The molecule has 1 aliphatic rings. The van der Waals surface area contributed by atoms with Crippen molar-refractivity contribution in [3.8, 4) is 5.75 Å². The van der Waals surface area contributed by atoms with E-state index in [1.165, 1.54) is 18.2 Å². The number of esters is 1. The van der Waals surface area contributed by atoms with Crippen LogP contribution in [0.5, 0.6) is 5.75 Å². The number of hydrogen-bond acceptors (Lipinski definition) is 6. The van der Waals surface area contributed by atoms with Crippen molar-refractivity contribution < 1.29 is 19.2 Å². The van der Waals surface area contributed by atoms with Gasteiger partial charge >= 0.3 is 5.97 Å². The van der Waals surface area contributed by atoms with Crippen molar-refractivity contribution in [2.24, 2.45) is 4.99 Å². The van der Waals surface area contributed by atoms with Crippen LogP contribution in [0, 0.1) is 10.1 Å². The molecule has 0 atom stereocenters. The molecule has 0 aromatic heterocycles. The van der Waals surface area contributed by atoms with Crippen LogP contribution in [0.1, 0.15) is 16.7 Å². The molecule has 0 radical (unpaired) electrons. The van der Waals surface area contributed by atoms with Crippen LogP contribution >= 0.6 is 23.2 Å². The summed E-state index contributed by atoms with van der Waals surface area (Å²) in [6.07, 6.45) is 1.56. The van der Waals surface area contributed by atoms with Gasteiger partial charge < -0.3 is 9.47 Å². The van der Waals surface area contributed by atoms with Crippen LogP contribution < -0.4 is 4.74 Å². The highest BCUT2D eigenvalue weighted by Gasteiger charge is 2.26. The second-order valence-corrected chi connectivity index (χ2v) is 7.59. The minimum atomic E-state index is -0.651. The third kappa shape index (κ3) is 4.96. The fourth-order valence-corrected chi connectivity index (χ4v) is 3.30. The monoisotopic (exact) mass is 468 g/mol. The molecule has 0 amide bonds. The first-order valence-corrected chi connectivity index (χ1v) is 10.1. The Bertz CT molecular complexity index is 1270. The van der Waals surface area contributed by atoms with Crippen LogP contribution in [0.4, 0.5) is 5.69 Å². The average Bonchev–Trinajstić information content (AvgIpc) is 3.13. The average molecular weight is 469 g/mol. The molecule has 160 valence electrons. The summed E-state index contributed by atoms with van der Waals surface area (Å²) in [5.41, 5.74) is 1.84. The molecule has 1 aliphatic heterocycles. The largest absolute Gasteiger partial charge is 0.489 e. The Balaban J connectivity index is 1.52. The summed E-state index contributed by atoms with van der Waals surface area (Å²) in [6.45, 7) is 0.361. The first kappa shape index (κ1) is 21.5. The van der Waals surface area contributed by atoms with Crippen LogP contribution in [0.25, 0.3) is 6.08 Å². The van der Waals surface area contributed by atoms with Crippen molar-refractivity contribution in [2.75, 3.05) is 0 Å². The number of nitro benzene ring substituents is 1. The maximum atomic E-state index is 12.3. The molecule has 0 aliphatic carbocycles. The number of halogens is 2. The van der Waals surface area contributed by atoms with Gasteiger partial charge in [-0.25, -0.2) is 9.79 Å². The predicted molar refractivity (Wildman–Crippen MR) is 121 cm³/mol. The Morgan fingerprint density at radius 3 is 2.56 bits per heavy atom. The molecule has 0 spiro atoms. The number of nitro groups is 1. The SMILES string of the molecule is O=C1OC(c2ccc([N+](=O)[O-])cc2Cl)=N/C1=C\c1cccc(OCc2ccc(Cl)cc2)c1. The van der Waals surface area contributed by atoms with Crippen LogP contribution in [-0.2, 0) is 16.1 Å². The zero-order chi connectivity index (χ0) is 22.7. The number of aliphatic imine (C=N–C) groups is 1. The van der Waals surface area contributed by atoms with E-state index >= 15 is 0 Å². The summed E-state index contributed by atoms with van der Waals surface area (Å²) < 4.78 is 11.0. The van der Waals surface area contributed by atoms with E-state index in [0.717, 1.165) is 5.56 Å². The molecule has 3 aromatic carbocycles. The van der Waals surface area contributed by atoms with Crippen molar-refractivity contribution in [1.29, 1.82) is 0 Å². The number of nitrogens with zero attached hydrogens (tertiary/aromatic N) is 2. The lowest BCUT2D eigenvalue weighted by molar-refractivity contribution is -0.384. The number of benzene rings is 3. The third-order valence-corrected chi connectivity index (χ3v) is 5.06. The number of rotatable bonds is 6. The van der Waals surface area contributed by atoms with E-state index in [0.29, 0.717) is 22.9 Å². The molecule has 3 aromatic rings. The number of cyclic esters (lactones) is 1. The summed E-state index contributed by atoms with van der Waals surface area (Å²) in [5, 5.41) is 11.6. The Labute approximate surface area is 192 Å². The summed E-state index contributed by atoms with van der Waals surface area (Å²) in [7, 11) is 0. The lowest BCUT2D eigenvalue weighted by atomic mass is 10.2. The number of ether oxygens (including phenoxy) is 2. The van der Waals surface area contributed by atoms with E-state index in [1.807, 2.05) is 12.1 Å². The van der Waals surface area contributed by atoms with E-state index in [-0.39, 0.29) is 27.9 Å². The zero-order valence-corrected chi connectivity index (χ0v) is 17.8. The van der Waals surface area contributed by atoms with Crippen LogP contribution in [0.3, 0.4) is 0 Å². The molecule has 0 saturated heterocycles. The summed E-state index contributed by atoms with van der Waals surface area (Å²) >= 11 is 12.0. The number of carbonyl (C=O) groups is 1. The minimum absolute atomic E-state index is 0.0173. The maximum absolute atomic E-state index is 12.3. The molecule has 4 rings (SSSR count). The summed E-state index contributed by atoms with van der Waals surface area (Å²) in [4.78, 5) is 26.8. The summed E-state index contributed by atoms with van der Waals surface area (Å²) in [6, 6.07) is 18.3. The van der Waals surface area contributed by atoms with E-state index in [2.05, 4.69) is 4.99 Å². The first-order chi connectivity index (χ1) is 15.4. The van der Waals surface area contributed by atoms with Gasteiger partial charge in [0.15, 0.2) is 5.70 Å². The van der Waals surface area contributed by atoms with Crippen molar-refractivity contribution in [2.45, 2.75) is 6.61 Å². The van der Waals surface area contributed by atoms with Gasteiger partial charge in [-0.1, -0.05) is 47.5 Å². The lowest BCUT2D eigenvalue weighted by Gasteiger charge is -2.07. The van der Waals surface area contributed by atoms with Gasteiger partial charge in [-0.2, -0.15) is 0 Å². The molecule has 1 heterocycles. The number of hydrogen-bond donors (Lipinski definition) is 0. The third-order valence-electron chi connectivity index (χ3n) is 4.49. The van der Waals surface area contributed by atoms with E-state index in [1.54, 1.807) is 42.5 Å². The van der Waals surface area contributed by atoms with Gasteiger partial charge in [-0.15, -0.1) is 0 Å². The fourth-order valence-electron chi connectivity index (χ4n) is 2.91. The molecular formula is C23H14Cl2N2O5. The van der Waals surface area contributed by atoms with Crippen molar-refractivity contribution >= 4 is 46.8 Å². The topological polar surface area (TPSA) is 91.0 Å². The van der Waals surface area contributed by atoms with Crippen LogP contribution in [0.2, 0.25) is 10.0 Å². The maximum Gasteiger partial charge on any atom is 0.363 e. The van der Waals surface area contributed by atoms with Crippen LogP contribution in [0.15, 0.2) is 77.4 Å². The van der Waals surface area contributed by atoms with Gasteiger partial charge in [-0.3, -0.25) is 10.1 Å². The van der Waals surface area contributed by atoms with Crippen LogP contribution in [-0.4, -0.2) is 16.8 Å².